The zero-order chi connectivity index (χ0) is 14.7. The molecule has 0 aliphatic heterocycles. The van der Waals surface area contributed by atoms with Gasteiger partial charge < -0.3 is 0 Å². The van der Waals surface area contributed by atoms with Crippen LogP contribution in [0.25, 0.3) is 0 Å². The second-order valence-corrected chi connectivity index (χ2v) is 7.65. The van der Waals surface area contributed by atoms with Crippen LogP contribution in [-0.4, -0.2) is 5.78 Å². The summed E-state index contributed by atoms with van der Waals surface area (Å²) in [6.45, 7) is 4.24. The molecule has 2 unspecified atom stereocenters. The molecule has 0 aliphatic carbocycles. The highest BCUT2D eigenvalue weighted by Crippen LogP contribution is 2.37. The summed E-state index contributed by atoms with van der Waals surface area (Å²) in [5.74, 6) is 0.343. The first-order valence-corrected chi connectivity index (χ1v) is 8.57. The summed E-state index contributed by atoms with van der Waals surface area (Å²) < 4.78 is 0.818. The van der Waals surface area contributed by atoms with Gasteiger partial charge in [0.2, 0.25) is 0 Å². The minimum Gasteiger partial charge on any atom is -0.293 e. The number of halogens is 2. The number of hydrogen-bond acceptors (Lipinski definition) is 2. The van der Waals surface area contributed by atoms with Crippen molar-refractivity contribution < 1.29 is 4.79 Å². The van der Waals surface area contributed by atoms with Gasteiger partial charge in [0.15, 0.2) is 5.78 Å². The molecule has 0 amide bonds. The highest BCUT2D eigenvalue weighted by Gasteiger charge is 2.28. The van der Waals surface area contributed by atoms with Crippen molar-refractivity contribution in [3.63, 3.8) is 0 Å². The fourth-order valence-corrected chi connectivity index (χ4v) is 3.94. The molecule has 2 aromatic rings. The topological polar surface area (TPSA) is 17.1 Å². The van der Waals surface area contributed by atoms with Crippen molar-refractivity contribution in [2.75, 3.05) is 0 Å². The van der Waals surface area contributed by atoms with E-state index in [4.69, 9.17) is 11.6 Å². The number of hydrogen-bond donors (Lipinski definition) is 0. The summed E-state index contributed by atoms with van der Waals surface area (Å²) in [4.78, 5) is 13.6. The van der Waals surface area contributed by atoms with Gasteiger partial charge in [0.05, 0.1) is 19.6 Å². The fraction of sp³-hybridized carbons (Fsp3) is 0.312. The number of benzene rings is 1. The highest BCUT2D eigenvalue weighted by molar-refractivity contribution is 9.11. The standard InChI is InChI=1S/C16H16BrClOS/c1-3-10(2)14(11-7-5-4-6-8-11)15(19)13-9-12(18)16(17)20-13/h4-10,14H,3H2,1-2H3. The Kier molecular flexibility index (Phi) is 5.42. The number of rotatable bonds is 5. The third-order valence-corrected chi connectivity index (χ3v) is 6.03. The van der Waals surface area contributed by atoms with Crippen LogP contribution in [0.2, 0.25) is 5.02 Å². The highest BCUT2D eigenvalue weighted by atomic mass is 79.9. The molecule has 0 aliphatic rings. The van der Waals surface area contributed by atoms with Crippen molar-refractivity contribution in [3.05, 3.63) is 55.6 Å². The summed E-state index contributed by atoms with van der Waals surface area (Å²) in [6, 6.07) is 11.7. The Morgan fingerprint density at radius 2 is 2.00 bits per heavy atom. The molecule has 0 saturated heterocycles. The summed E-state index contributed by atoms with van der Waals surface area (Å²) in [5.41, 5.74) is 1.08. The Morgan fingerprint density at radius 3 is 2.50 bits per heavy atom. The van der Waals surface area contributed by atoms with Crippen LogP contribution >= 0.6 is 38.9 Å². The maximum atomic E-state index is 12.8. The van der Waals surface area contributed by atoms with Crippen molar-refractivity contribution in [2.45, 2.75) is 26.2 Å². The van der Waals surface area contributed by atoms with Crippen LogP contribution in [-0.2, 0) is 0 Å². The van der Waals surface area contributed by atoms with Crippen LogP contribution in [0.15, 0.2) is 40.2 Å². The van der Waals surface area contributed by atoms with Crippen LogP contribution in [0.1, 0.15) is 41.4 Å². The molecular formula is C16H16BrClOS. The lowest BCUT2D eigenvalue weighted by molar-refractivity contribution is 0.0936. The Hall–Kier alpha value is -0.640. The maximum absolute atomic E-state index is 12.8. The molecule has 0 fully saturated rings. The first-order chi connectivity index (χ1) is 9.54. The molecule has 0 spiro atoms. The second kappa shape index (κ2) is 6.88. The van der Waals surface area contributed by atoms with Gasteiger partial charge in [-0.3, -0.25) is 4.79 Å². The van der Waals surface area contributed by atoms with Crippen molar-refractivity contribution in [2.24, 2.45) is 5.92 Å². The molecule has 2 atom stereocenters. The van der Waals surface area contributed by atoms with Gasteiger partial charge >= 0.3 is 0 Å². The van der Waals surface area contributed by atoms with E-state index in [2.05, 4.69) is 29.8 Å². The summed E-state index contributed by atoms with van der Waals surface area (Å²) >= 11 is 10.8. The van der Waals surface area contributed by atoms with Gasteiger partial charge in [-0.1, -0.05) is 62.2 Å². The van der Waals surface area contributed by atoms with Gasteiger partial charge in [0.25, 0.3) is 0 Å². The van der Waals surface area contributed by atoms with Crippen LogP contribution in [0.4, 0.5) is 0 Å². The Morgan fingerprint density at radius 1 is 1.35 bits per heavy atom. The van der Waals surface area contributed by atoms with Crippen LogP contribution in [0, 0.1) is 5.92 Å². The normalized spacial score (nSPS) is 14.0. The van der Waals surface area contributed by atoms with Gasteiger partial charge in [-0.2, -0.15) is 0 Å². The van der Waals surface area contributed by atoms with Crippen molar-refractivity contribution in [1.82, 2.24) is 0 Å². The first kappa shape index (κ1) is 15.7. The lowest BCUT2D eigenvalue weighted by Crippen LogP contribution is -2.19. The summed E-state index contributed by atoms with van der Waals surface area (Å²) in [5, 5.41) is 0.606. The van der Waals surface area contributed by atoms with Gasteiger partial charge in [-0.15, -0.1) is 11.3 Å². The van der Waals surface area contributed by atoms with E-state index in [1.165, 1.54) is 11.3 Å². The van der Waals surface area contributed by atoms with E-state index in [0.29, 0.717) is 10.9 Å². The van der Waals surface area contributed by atoms with E-state index in [1.807, 2.05) is 30.3 Å². The third kappa shape index (κ3) is 3.33. The molecular weight excluding hydrogens is 356 g/mol. The van der Waals surface area contributed by atoms with E-state index in [9.17, 15) is 4.79 Å². The Balaban J connectivity index is 2.39. The molecule has 20 heavy (non-hydrogen) atoms. The van der Waals surface area contributed by atoms with Crippen LogP contribution in [0.3, 0.4) is 0 Å². The molecule has 1 aromatic carbocycles. The Labute approximate surface area is 137 Å². The molecule has 0 saturated carbocycles. The quantitative estimate of drug-likeness (QED) is 0.574. The maximum Gasteiger partial charge on any atom is 0.180 e. The average Bonchev–Trinajstić information content (AvgIpc) is 2.80. The molecule has 1 heterocycles. The third-order valence-electron chi connectivity index (χ3n) is 3.54. The average molecular weight is 372 g/mol. The van der Waals surface area contributed by atoms with Gasteiger partial charge in [0.1, 0.15) is 0 Å². The lowest BCUT2D eigenvalue weighted by Gasteiger charge is -2.21. The smallest absolute Gasteiger partial charge is 0.180 e. The number of Topliss-reactive ketones (excluding diaryl/α,β-unsaturated/α-hetero) is 1. The molecule has 1 aromatic heterocycles. The van der Waals surface area contributed by atoms with E-state index >= 15 is 0 Å². The second-order valence-electron chi connectivity index (χ2n) is 4.87. The first-order valence-electron chi connectivity index (χ1n) is 6.58. The predicted octanol–water partition coefficient (Wildman–Crippen LogP) is 6.18. The van der Waals surface area contributed by atoms with Crippen molar-refractivity contribution >= 4 is 44.7 Å². The largest absolute Gasteiger partial charge is 0.293 e. The zero-order valence-electron chi connectivity index (χ0n) is 11.4. The van der Waals surface area contributed by atoms with Crippen LogP contribution < -0.4 is 0 Å². The number of thiophene rings is 1. The molecule has 1 nitrogen and oxygen atoms in total. The number of ketones is 1. The van der Waals surface area contributed by atoms with Gasteiger partial charge in [0, 0.05) is 0 Å². The minimum atomic E-state index is -0.109. The molecule has 2 rings (SSSR count). The summed E-state index contributed by atoms with van der Waals surface area (Å²) in [6.07, 6.45) is 0.964. The Bertz CT molecular complexity index is 574. The number of carbonyl (C=O) groups is 1. The zero-order valence-corrected chi connectivity index (χ0v) is 14.6. The van der Waals surface area contributed by atoms with E-state index in [-0.39, 0.29) is 11.7 Å². The summed E-state index contributed by atoms with van der Waals surface area (Å²) in [7, 11) is 0. The molecule has 0 bridgehead atoms. The SMILES string of the molecule is CCC(C)C(C(=O)c1cc(Cl)c(Br)s1)c1ccccc1. The fourth-order valence-electron chi connectivity index (χ4n) is 2.26. The molecule has 4 heteroatoms. The van der Waals surface area contributed by atoms with E-state index < -0.39 is 0 Å². The molecule has 106 valence electrons. The van der Waals surface area contributed by atoms with E-state index in [1.54, 1.807) is 6.07 Å². The molecule has 0 N–H and O–H groups in total. The van der Waals surface area contributed by atoms with Crippen LogP contribution in [0.5, 0.6) is 0 Å². The minimum absolute atomic E-state index is 0.109. The number of carbonyl (C=O) groups excluding carboxylic acids is 1. The van der Waals surface area contributed by atoms with Crippen molar-refractivity contribution in [1.29, 1.82) is 0 Å². The molecule has 0 radical (unpaired) electrons. The van der Waals surface area contributed by atoms with Gasteiger partial charge in [-0.25, -0.2) is 0 Å². The lowest BCUT2D eigenvalue weighted by atomic mass is 9.82. The van der Waals surface area contributed by atoms with Crippen molar-refractivity contribution in [3.8, 4) is 0 Å². The predicted molar refractivity (Wildman–Crippen MR) is 90.0 cm³/mol. The van der Waals surface area contributed by atoms with Gasteiger partial charge in [-0.05, 0) is 33.5 Å². The monoisotopic (exact) mass is 370 g/mol. The van der Waals surface area contributed by atoms with E-state index in [0.717, 1.165) is 20.6 Å².